The van der Waals surface area contributed by atoms with E-state index in [-0.39, 0.29) is 0 Å². The Bertz CT molecular complexity index is 500. The number of unbranched alkanes of at least 4 members (excludes halogenated alkanes) is 1. The van der Waals surface area contributed by atoms with E-state index in [1.807, 2.05) is 30.1 Å². The lowest BCUT2D eigenvalue weighted by atomic mass is 10.2. The molecule has 106 valence electrons. The van der Waals surface area contributed by atoms with E-state index in [9.17, 15) is 0 Å². The van der Waals surface area contributed by atoms with Gasteiger partial charge in [-0.3, -0.25) is 4.90 Å². The Kier molecular flexibility index (Phi) is 7.03. The van der Waals surface area contributed by atoms with Crippen LogP contribution in [-0.2, 0) is 6.54 Å². The van der Waals surface area contributed by atoms with Crippen molar-refractivity contribution >= 4 is 0 Å². The van der Waals surface area contributed by atoms with Crippen LogP contribution in [0.2, 0.25) is 0 Å². The molecule has 0 fully saturated rings. The number of methoxy groups -OCH3 is 1. The molecule has 1 rings (SSSR count). The Morgan fingerprint density at radius 1 is 1.35 bits per heavy atom. The minimum Gasteiger partial charge on any atom is -0.493 e. The third kappa shape index (κ3) is 5.22. The summed E-state index contributed by atoms with van der Waals surface area (Å²) >= 11 is 0. The first kappa shape index (κ1) is 15.9. The van der Waals surface area contributed by atoms with Crippen LogP contribution in [0.1, 0.15) is 18.4 Å². The summed E-state index contributed by atoms with van der Waals surface area (Å²) in [4.78, 5) is 2.04. The third-order valence-corrected chi connectivity index (χ3v) is 2.73. The van der Waals surface area contributed by atoms with Gasteiger partial charge in [0.1, 0.15) is 0 Å². The number of nitrogens with zero attached hydrogens (tertiary/aromatic N) is 2. The van der Waals surface area contributed by atoms with Gasteiger partial charge >= 0.3 is 0 Å². The van der Waals surface area contributed by atoms with Crippen LogP contribution < -0.4 is 9.47 Å². The summed E-state index contributed by atoms with van der Waals surface area (Å²) < 4.78 is 11.0. The van der Waals surface area contributed by atoms with Gasteiger partial charge in [0, 0.05) is 13.0 Å². The Morgan fingerprint density at radius 2 is 2.15 bits per heavy atom. The van der Waals surface area contributed by atoms with E-state index in [0.717, 1.165) is 12.1 Å². The Labute approximate surface area is 120 Å². The van der Waals surface area contributed by atoms with Gasteiger partial charge in [-0.1, -0.05) is 12.0 Å². The van der Waals surface area contributed by atoms with Crippen LogP contribution in [0.25, 0.3) is 0 Å². The molecular formula is C16H20N2O2. The van der Waals surface area contributed by atoms with Gasteiger partial charge in [0.25, 0.3) is 0 Å². The summed E-state index contributed by atoms with van der Waals surface area (Å²) in [5, 5.41) is 8.51. The molecule has 1 aromatic rings. The second kappa shape index (κ2) is 8.85. The minimum atomic E-state index is 0.493. The van der Waals surface area contributed by atoms with Gasteiger partial charge in [-0.25, -0.2) is 0 Å². The van der Waals surface area contributed by atoms with Gasteiger partial charge in [0.15, 0.2) is 11.5 Å². The van der Waals surface area contributed by atoms with Crippen LogP contribution in [0.15, 0.2) is 18.2 Å². The van der Waals surface area contributed by atoms with E-state index < -0.39 is 0 Å². The monoisotopic (exact) mass is 272 g/mol. The molecule has 0 aliphatic heterocycles. The third-order valence-electron chi connectivity index (χ3n) is 2.73. The van der Waals surface area contributed by atoms with E-state index in [2.05, 4.69) is 12.0 Å². The van der Waals surface area contributed by atoms with Crippen LogP contribution in [0.3, 0.4) is 0 Å². The average Bonchev–Trinajstić information content (AvgIpc) is 2.44. The molecule has 0 N–H and O–H groups in total. The molecule has 1 aromatic carbocycles. The lowest BCUT2D eigenvalue weighted by Gasteiger charge is -2.16. The van der Waals surface area contributed by atoms with Crippen molar-refractivity contribution in [2.45, 2.75) is 19.4 Å². The fourth-order valence-corrected chi connectivity index (χ4v) is 1.79. The second-order valence-corrected chi connectivity index (χ2v) is 4.47. The van der Waals surface area contributed by atoms with Gasteiger partial charge in [-0.15, -0.1) is 6.42 Å². The highest BCUT2D eigenvalue weighted by atomic mass is 16.5. The molecule has 4 nitrogen and oxygen atoms in total. The van der Waals surface area contributed by atoms with E-state index in [1.165, 1.54) is 0 Å². The van der Waals surface area contributed by atoms with Crippen molar-refractivity contribution in [3.8, 4) is 29.9 Å². The Balaban J connectivity index is 2.70. The molecule has 0 spiro atoms. The molecule has 4 heteroatoms. The maximum absolute atomic E-state index is 8.51. The van der Waals surface area contributed by atoms with Crippen molar-refractivity contribution < 1.29 is 9.47 Å². The molecule has 0 unspecified atom stereocenters. The molecule has 0 aromatic heterocycles. The smallest absolute Gasteiger partial charge is 0.161 e. The summed E-state index contributed by atoms with van der Waals surface area (Å²) in [5.74, 6) is 4.02. The zero-order valence-corrected chi connectivity index (χ0v) is 12.1. The van der Waals surface area contributed by atoms with Crippen molar-refractivity contribution in [1.82, 2.24) is 4.90 Å². The number of rotatable bonds is 8. The van der Waals surface area contributed by atoms with Crippen LogP contribution in [0.4, 0.5) is 0 Å². The molecule has 0 aliphatic rings. The lowest BCUT2D eigenvalue weighted by Crippen LogP contribution is -2.17. The topological polar surface area (TPSA) is 45.5 Å². The molecule has 0 bridgehead atoms. The van der Waals surface area contributed by atoms with Crippen molar-refractivity contribution in [2.24, 2.45) is 0 Å². The van der Waals surface area contributed by atoms with Gasteiger partial charge in [-0.05, 0) is 31.2 Å². The molecule has 0 radical (unpaired) electrons. The van der Waals surface area contributed by atoms with Crippen LogP contribution in [0, 0.1) is 23.7 Å². The van der Waals surface area contributed by atoms with E-state index in [4.69, 9.17) is 21.2 Å². The van der Waals surface area contributed by atoms with Gasteiger partial charge in [-0.2, -0.15) is 5.26 Å². The number of benzene rings is 1. The zero-order valence-electron chi connectivity index (χ0n) is 12.1. The van der Waals surface area contributed by atoms with E-state index in [0.29, 0.717) is 37.5 Å². The minimum absolute atomic E-state index is 0.493. The van der Waals surface area contributed by atoms with E-state index in [1.54, 1.807) is 7.11 Å². The molecule has 20 heavy (non-hydrogen) atoms. The maximum atomic E-state index is 8.51. The SMILES string of the molecule is C#CCN(C)Cc1ccc(OC)c(OCCCC#N)c1. The van der Waals surface area contributed by atoms with Crippen molar-refractivity contribution in [1.29, 1.82) is 5.26 Å². The fraction of sp³-hybridized carbons (Fsp3) is 0.438. The highest BCUT2D eigenvalue weighted by Gasteiger charge is 2.07. The number of ether oxygens (including phenoxy) is 2. The quantitative estimate of drug-likeness (QED) is 0.538. The van der Waals surface area contributed by atoms with Crippen molar-refractivity contribution in [3.05, 3.63) is 23.8 Å². The maximum Gasteiger partial charge on any atom is 0.161 e. The van der Waals surface area contributed by atoms with Crippen LogP contribution in [-0.4, -0.2) is 32.2 Å². The first-order chi connectivity index (χ1) is 9.71. The molecule has 0 aliphatic carbocycles. The average molecular weight is 272 g/mol. The zero-order chi connectivity index (χ0) is 14.8. The predicted molar refractivity (Wildman–Crippen MR) is 78.5 cm³/mol. The Hall–Kier alpha value is -2.17. The van der Waals surface area contributed by atoms with Gasteiger partial charge in [0.05, 0.1) is 26.3 Å². The number of hydrogen-bond donors (Lipinski definition) is 0. The molecule has 0 saturated heterocycles. The summed E-state index contributed by atoms with van der Waals surface area (Å²) in [7, 11) is 3.58. The standard InChI is InChI=1S/C16H20N2O2/c1-4-10-18(2)13-14-7-8-15(19-3)16(12-14)20-11-6-5-9-17/h1,7-8,12H,5-6,10-11,13H2,2-3H3. The molecule has 0 saturated carbocycles. The molecule has 0 amide bonds. The van der Waals surface area contributed by atoms with E-state index >= 15 is 0 Å². The van der Waals surface area contributed by atoms with Crippen LogP contribution in [0.5, 0.6) is 11.5 Å². The highest BCUT2D eigenvalue weighted by molar-refractivity contribution is 5.43. The first-order valence-corrected chi connectivity index (χ1v) is 6.50. The number of hydrogen-bond acceptors (Lipinski definition) is 4. The second-order valence-electron chi connectivity index (χ2n) is 4.47. The lowest BCUT2D eigenvalue weighted by molar-refractivity contribution is 0.289. The molecule has 0 heterocycles. The number of terminal acetylenes is 1. The van der Waals surface area contributed by atoms with Crippen molar-refractivity contribution in [2.75, 3.05) is 27.3 Å². The molecular weight excluding hydrogens is 252 g/mol. The number of nitriles is 1. The van der Waals surface area contributed by atoms with Crippen molar-refractivity contribution in [3.63, 3.8) is 0 Å². The molecule has 0 atom stereocenters. The normalized spacial score (nSPS) is 9.85. The predicted octanol–water partition coefficient (Wildman–Crippen LogP) is 2.44. The highest BCUT2D eigenvalue weighted by Crippen LogP contribution is 2.28. The van der Waals surface area contributed by atoms with Crippen LogP contribution >= 0.6 is 0 Å². The summed E-state index contributed by atoms with van der Waals surface area (Å²) in [6.45, 7) is 1.86. The fourth-order valence-electron chi connectivity index (χ4n) is 1.79. The first-order valence-electron chi connectivity index (χ1n) is 6.50. The van der Waals surface area contributed by atoms with Gasteiger partial charge < -0.3 is 9.47 Å². The Morgan fingerprint density at radius 3 is 2.80 bits per heavy atom. The largest absolute Gasteiger partial charge is 0.493 e. The van der Waals surface area contributed by atoms with Gasteiger partial charge in [0.2, 0.25) is 0 Å². The summed E-state index contributed by atoms with van der Waals surface area (Å²) in [6.07, 6.45) is 6.49. The summed E-state index contributed by atoms with van der Waals surface area (Å²) in [6, 6.07) is 7.94. The summed E-state index contributed by atoms with van der Waals surface area (Å²) in [5.41, 5.74) is 1.11.